The highest BCUT2D eigenvalue weighted by atomic mass is 35.5. The van der Waals surface area contributed by atoms with Crippen LogP contribution in [0.2, 0.25) is 0 Å². The van der Waals surface area contributed by atoms with Crippen LogP contribution in [0.1, 0.15) is 56.4 Å². The number of esters is 1. The predicted molar refractivity (Wildman–Crippen MR) is 134 cm³/mol. The molecule has 37 heavy (non-hydrogen) atoms. The second kappa shape index (κ2) is 8.53. The molecule has 0 aliphatic carbocycles. The standard InChI is InChI=1S/C26H25ClFN3O6/c1-5-26(35)16-7-20-21-14(10-31(20)22(32)15(16)11-36-23(26)33)13(9-27)12-6-19(17(28)8-18(12)29-21)30-24(34)37-25(2,3)4/h6-8,35H,5,9-11H2,1-4H3,(H,30,34)/t26-/m0/s1. The van der Waals surface area contributed by atoms with E-state index in [9.17, 15) is 23.9 Å². The third-order valence-electron chi connectivity index (χ3n) is 6.66. The van der Waals surface area contributed by atoms with Crippen LogP contribution in [0.4, 0.5) is 14.9 Å². The summed E-state index contributed by atoms with van der Waals surface area (Å²) in [7, 11) is 0. The van der Waals surface area contributed by atoms with Crippen LogP contribution in [0.15, 0.2) is 23.0 Å². The average Bonchev–Trinajstić information content (AvgIpc) is 3.18. The Morgan fingerprint density at radius 3 is 2.68 bits per heavy atom. The molecule has 3 aromatic rings. The number of cyclic esters (lactones) is 1. The SMILES string of the molecule is CC[C@@]1(O)C(=O)OCc2c1cc1n(c2=O)Cc2c-1nc1cc(F)c(NC(=O)OC(C)(C)C)cc1c2CCl. The van der Waals surface area contributed by atoms with Gasteiger partial charge in [0.1, 0.15) is 18.0 Å². The molecule has 4 heterocycles. The summed E-state index contributed by atoms with van der Waals surface area (Å²) in [6.07, 6.45) is -0.789. The summed E-state index contributed by atoms with van der Waals surface area (Å²) >= 11 is 6.35. The summed E-state index contributed by atoms with van der Waals surface area (Å²) in [5, 5.41) is 14.0. The minimum absolute atomic E-state index is 0.0191. The van der Waals surface area contributed by atoms with Crippen LogP contribution in [-0.2, 0) is 38.9 Å². The van der Waals surface area contributed by atoms with Crippen molar-refractivity contribution in [1.29, 1.82) is 0 Å². The number of carbonyl (C=O) groups is 2. The number of fused-ring (bicyclic) bond motifs is 5. The predicted octanol–water partition coefficient (Wildman–Crippen LogP) is 4.30. The van der Waals surface area contributed by atoms with Crippen molar-refractivity contribution >= 4 is 40.3 Å². The van der Waals surface area contributed by atoms with Gasteiger partial charge in [-0.15, -0.1) is 11.6 Å². The molecule has 11 heteroatoms. The molecule has 9 nitrogen and oxygen atoms in total. The van der Waals surface area contributed by atoms with Gasteiger partial charge >= 0.3 is 12.1 Å². The number of pyridine rings is 2. The molecule has 0 bridgehead atoms. The maximum absolute atomic E-state index is 15.0. The van der Waals surface area contributed by atoms with Crippen LogP contribution < -0.4 is 10.9 Å². The number of amides is 1. The van der Waals surface area contributed by atoms with Gasteiger partial charge < -0.3 is 19.1 Å². The number of ether oxygens (including phenoxy) is 2. The zero-order chi connectivity index (χ0) is 26.9. The van der Waals surface area contributed by atoms with Gasteiger partial charge in [-0.05, 0) is 44.9 Å². The van der Waals surface area contributed by atoms with Gasteiger partial charge in [-0.1, -0.05) is 6.92 Å². The minimum Gasteiger partial charge on any atom is -0.458 e. The summed E-state index contributed by atoms with van der Waals surface area (Å²) in [6, 6.07) is 4.20. The van der Waals surface area contributed by atoms with E-state index in [2.05, 4.69) is 10.3 Å². The third-order valence-corrected chi connectivity index (χ3v) is 6.93. The zero-order valence-electron chi connectivity index (χ0n) is 20.7. The van der Waals surface area contributed by atoms with Gasteiger partial charge in [0.2, 0.25) is 0 Å². The second-order valence-electron chi connectivity index (χ2n) is 10.1. The zero-order valence-corrected chi connectivity index (χ0v) is 21.5. The number of nitrogens with zero attached hydrogens (tertiary/aromatic N) is 2. The molecule has 2 aliphatic heterocycles. The molecule has 0 unspecified atom stereocenters. The van der Waals surface area contributed by atoms with Crippen molar-refractivity contribution < 1.29 is 28.6 Å². The fraction of sp³-hybridized carbons (Fsp3) is 0.385. The van der Waals surface area contributed by atoms with Crippen molar-refractivity contribution in [2.45, 2.75) is 64.3 Å². The largest absolute Gasteiger partial charge is 0.458 e. The quantitative estimate of drug-likeness (QED) is 0.300. The van der Waals surface area contributed by atoms with Crippen LogP contribution in [-0.4, -0.2) is 32.3 Å². The Balaban J connectivity index is 1.67. The van der Waals surface area contributed by atoms with E-state index in [1.807, 2.05) is 0 Å². The number of benzene rings is 1. The average molecular weight is 530 g/mol. The lowest BCUT2D eigenvalue weighted by atomic mass is 9.86. The lowest BCUT2D eigenvalue weighted by Gasteiger charge is -2.31. The monoisotopic (exact) mass is 529 g/mol. The van der Waals surface area contributed by atoms with Gasteiger partial charge in [-0.3, -0.25) is 10.1 Å². The van der Waals surface area contributed by atoms with Crippen LogP contribution in [0.25, 0.3) is 22.3 Å². The lowest BCUT2D eigenvalue weighted by Crippen LogP contribution is -2.44. The number of aliphatic hydroxyl groups is 1. The summed E-state index contributed by atoms with van der Waals surface area (Å²) in [4.78, 5) is 42.6. The van der Waals surface area contributed by atoms with Crippen LogP contribution >= 0.6 is 11.6 Å². The number of halogens is 2. The number of carbonyl (C=O) groups excluding carboxylic acids is 2. The van der Waals surface area contributed by atoms with E-state index < -0.39 is 34.6 Å². The molecule has 1 amide bonds. The van der Waals surface area contributed by atoms with Crippen molar-refractivity contribution in [2.75, 3.05) is 5.32 Å². The normalized spacial score (nSPS) is 18.2. The molecule has 0 saturated carbocycles. The summed E-state index contributed by atoms with van der Waals surface area (Å²) in [5.74, 6) is -1.51. The van der Waals surface area contributed by atoms with E-state index >= 15 is 0 Å². The van der Waals surface area contributed by atoms with Crippen molar-refractivity contribution in [1.82, 2.24) is 9.55 Å². The summed E-state index contributed by atoms with van der Waals surface area (Å²) < 4.78 is 26.8. The van der Waals surface area contributed by atoms with E-state index in [0.29, 0.717) is 27.9 Å². The Morgan fingerprint density at radius 2 is 2.03 bits per heavy atom. The van der Waals surface area contributed by atoms with E-state index in [4.69, 9.17) is 21.1 Å². The van der Waals surface area contributed by atoms with Gasteiger partial charge in [-0.25, -0.2) is 19.0 Å². The highest BCUT2D eigenvalue weighted by Gasteiger charge is 2.45. The fourth-order valence-electron chi connectivity index (χ4n) is 4.85. The first-order chi connectivity index (χ1) is 17.4. The first kappa shape index (κ1) is 25.2. The molecule has 0 fully saturated rings. The molecule has 0 radical (unpaired) electrons. The van der Waals surface area contributed by atoms with Gasteiger partial charge in [0.15, 0.2) is 5.60 Å². The molecular weight excluding hydrogens is 505 g/mol. The number of hydrogen-bond acceptors (Lipinski definition) is 7. The lowest BCUT2D eigenvalue weighted by molar-refractivity contribution is -0.172. The fourth-order valence-corrected chi connectivity index (χ4v) is 5.15. The Hall–Kier alpha value is -3.50. The molecule has 194 valence electrons. The molecule has 1 atom stereocenters. The molecule has 0 saturated heterocycles. The Bertz CT molecular complexity index is 1560. The topological polar surface area (TPSA) is 120 Å². The first-order valence-electron chi connectivity index (χ1n) is 11.8. The number of hydrogen-bond donors (Lipinski definition) is 2. The molecule has 2 aliphatic rings. The summed E-state index contributed by atoms with van der Waals surface area (Å²) in [6.45, 7) is 6.62. The van der Waals surface area contributed by atoms with E-state index in [1.54, 1.807) is 33.8 Å². The number of rotatable bonds is 3. The molecule has 2 aromatic heterocycles. The number of nitrogens with one attached hydrogen (secondary N) is 1. The van der Waals surface area contributed by atoms with Crippen LogP contribution in [0.3, 0.4) is 0 Å². The molecule has 2 N–H and O–H groups in total. The van der Waals surface area contributed by atoms with Crippen molar-refractivity contribution in [3.63, 3.8) is 0 Å². The van der Waals surface area contributed by atoms with Gasteiger partial charge in [0.25, 0.3) is 5.56 Å². The number of alkyl halides is 1. The van der Waals surface area contributed by atoms with Crippen LogP contribution in [0, 0.1) is 5.82 Å². The smallest absolute Gasteiger partial charge is 0.412 e. The minimum atomic E-state index is -1.95. The maximum atomic E-state index is 15.0. The summed E-state index contributed by atoms with van der Waals surface area (Å²) in [5.41, 5.74) is -0.486. The van der Waals surface area contributed by atoms with E-state index in [-0.39, 0.29) is 47.8 Å². The molecule has 5 rings (SSSR count). The molecule has 0 spiro atoms. The van der Waals surface area contributed by atoms with Gasteiger partial charge in [0.05, 0.1) is 34.7 Å². The Kier molecular flexibility index (Phi) is 5.80. The highest BCUT2D eigenvalue weighted by Crippen LogP contribution is 2.41. The van der Waals surface area contributed by atoms with Crippen molar-refractivity contribution in [2.24, 2.45) is 0 Å². The van der Waals surface area contributed by atoms with Crippen molar-refractivity contribution in [3.8, 4) is 11.4 Å². The van der Waals surface area contributed by atoms with E-state index in [0.717, 1.165) is 0 Å². The van der Waals surface area contributed by atoms with Gasteiger partial charge in [-0.2, -0.15) is 0 Å². The number of anilines is 1. The van der Waals surface area contributed by atoms with Crippen LogP contribution in [0.5, 0.6) is 0 Å². The third kappa shape index (κ3) is 3.95. The Labute approximate surface area is 216 Å². The van der Waals surface area contributed by atoms with Gasteiger partial charge in [0, 0.05) is 28.5 Å². The first-order valence-corrected chi connectivity index (χ1v) is 12.3. The Morgan fingerprint density at radius 1 is 1.30 bits per heavy atom. The highest BCUT2D eigenvalue weighted by molar-refractivity contribution is 6.18. The van der Waals surface area contributed by atoms with Crippen molar-refractivity contribution in [3.05, 3.63) is 56.6 Å². The second-order valence-corrected chi connectivity index (χ2v) is 10.4. The maximum Gasteiger partial charge on any atom is 0.412 e. The number of aromatic nitrogens is 2. The van der Waals surface area contributed by atoms with E-state index in [1.165, 1.54) is 16.7 Å². The molecule has 1 aromatic carbocycles. The molecular formula is C26H25ClFN3O6.